The van der Waals surface area contributed by atoms with Gasteiger partial charge in [-0.1, -0.05) is 13.8 Å². The van der Waals surface area contributed by atoms with Gasteiger partial charge in [0.2, 0.25) is 0 Å². The molecule has 2 atom stereocenters. The molecule has 1 saturated heterocycles. The Morgan fingerprint density at radius 3 is 2.44 bits per heavy atom. The first kappa shape index (κ1) is 20.5. The van der Waals surface area contributed by atoms with Crippen molar-refractivity contribution in [2.24, 2.45) is 10.9 Å². The lowest BCUT2D eigenvalue weighted by Gasteiger charge is -2.36. The summed E-state index contributed by atoms with van der Waals surface area (Å²) >= 11 is 0. The molecule has 2 aliphatic rings. The van der Waals surface area contributed by atoms with Gasteiger partial charge < -0.3 is 15.4 Å². The molecule has 1 saturated carbocycles. The third kappa shape index (κ3) is 6.76. The number of guanidine groups is 1. The Balaban J connectivity index is 1.87. The number of aliphatic imine (C=N–C) groups is 1. The summed E-state index contributed by atoms with van der Waals surface area (Å²) in [6, 6.07) is 1.80. The monoisotopic (exact) mass is 353 g/mol. The van der Waals surface area contributed by atoms with Crippen LogP contribution in [0.25, 0.3) is 0 Å². The number of nitrogens with one attached hydrogen (secondary N) is 2. The minimum absolute atomic E-state index is 0.478. The van der Waals surface area contributed by atoms with E-state index in [-0.39, 0.29) is 0 Å². The molecule has 2 N–H and O–H groups in total. The fourth-order valence-electron chi connectivity index (χ4n) is 3.41. The van der Waals surface area contributed by atoms with Crippen LogP contribution in [0.1, 0.15) is 40.5 Å². The SMILES string of the molecule is CCNC(=NCC(C(C)C)N1CCOCC1)NCC(C)N(C)C1CC1. The van der Waals surface area contributed by atoms with Crippen LogP contribution in [0.3, 0.4) is 0 Å². The maximum absolute atomic E-state index is 5.50. The number of ether oxygens (including phenoxy) is 1. The zero-order chi connectivity index (χ0) is 18.2. The average Bonchev–Trinajstić information content (AvgIpc) is 3.44. The molecule has 0 aromatic carbocycles. The van der Waals surface area contributed by atoms with Crippen LogP contribution in [0.15, 0.2) is 4.99 Å². The highest BCUT2D eigenvalue weighted by Crippen LogP contribution is 2.26. The van der Waals surface area contributed by atoms with Crippen LogP contribution in [-0.4, -0.2) is 86.9 Å². The molecule has 25 heavy (non-hydrogen) atoms. The molecule has 6 nitrogen and oxygen atoms in total. The van der Waals surface area contributed by atoms with Crippen LogP contribution in [0.2, 0.25) is 0 Å². The van der Waals surface area contributed by atoms with Crippen molar-refractivity contribution in [3.05, 3.63) is 0 Å². The Kier molecular flexibility index (Phi) is 8.46. The Labute approximate surface area is 154 Å². The zero-order valence-corrected chi connectivity index (χ0v) is 16.9. The van der Waals surface area contributed by atoms with E-state index in [1.165, 1.54) is 12.8 Å². The highest BCUT2D eigenvalue weighted by Gasteiger charge is 2.29. The Morgan fingerprint density at radius 2 is 1.88 bits per heavy atom. The summed E-state index contributed by atoms with van der Waals surface area (Å²) in [5, 5.41) is 6.93. The first-order chi connectivity index (χ1) is 12.0. The molecule has 2 fully saturated rings. The maximum Gasteiger partial charge on any atom is 0.191 e. The van der Waals surface area contributed by atoms with Gasteiger partial charge in [0.1, 0.15) is 0 Å². The van der Waals surface area contributed by atoms with Crippen molar-refractivity contribution in [1.29, 1.82) is 0 Å². The summed E-state index contributed by atoms with van der Waals surface area (Å²) in [5.41, 5.74) is 0. The van der Waals surface area contributed by atoms with Crippen molar-refractivity contribution in [3.63, 3.8) is 0 Å². The molecule has 1 heterocycles. The molecule has 1 aliphatic heterocycles. The number of nitrogens with zero attached hydrogens (tertiary/aromatic N) is 3. The predicted molar refractivity (Wildman–Crippen MR) is 105 cm³/mol. The fourth-order valence-corrected chi connectivity index (χ4v) is 3.41. The number of likely N-dealkylation sites (N-methyl/N-ethyl adjacent to an activating group) is 1. The van der Waals surface area contributed by atoms with Crippen LogP contribution in [0.4, 0.5) is 0 Å². The van der Waals surface area contributed by atoms with Gasteiger partial charge in [0.15, 0.2) is 5.96 Å². The molecule has 0 aromatic rings. The Bertz CT molecular complexity index is 405. The van der Waals surface area contributed by atoms with E-state index in [1.54, 1.807) is 0 Å². The number of hydrogen-bond donors (Lipinski definition) is 2. The van der Waals surface area contributed by atoms with Gasteiger partial charge >= 0.3 is 0 Å². The molecular weight excluding hydrogens is 314 g/mol. The minimum atomic E-state index is 0.478. The third-order valence-corrected chi connectivity index (χ3v) is 5.45. The van der Waals surface area contributed by atoms with E-state index in [1.807, 2.05) is 0 Å². The molecule has 2 rings (SSSR count). The third-order valence-electron chi connectivity index (χ3n) is 5.45. The van der Waals surface area contributed by atoms with E-state index in [0.29, 0.717) is 18.0 Å². The summed E-state index contributed by atoms with van der Waals surface area (Å²) in [5.74, 6) is 1.53. The van der Waals surface area contributed by atoms with Gasteiger partial charge in [-0.25, -0.2) is 0 Å². The second-order valence-electron chi connectivity index (χ2n) is 7.81. The van der Waals surface area contributed by atoms with Crippen molar-refractivity contribution >= 4 is 5.96 Å². The van der Waals surface area contributed by atoms with Crippen LogP contribution in [-0.2, 0) is 4.74 Å². The molecule has 0 amide bonds. The molecule has 0 aromatic heterocycles. The van der Waals surface area contributed by atoms with Gasteiger partial charge in [-0.05, 0) is 39.7 Å². The fraction of sp³-hybridized carbons (Fsp3) is 0.947. The maximum atomic E-state index is 5.50. The van der Waals surface area contributed by atoms with Crippen LogP contribution < -0.4 is 10.6 Å². The summed E-state index contributed by atoms with van der Waals surface area (Å²) in [7, 11) is 2.24. The van der Waals surface area contributed by atoms with E-state index in [4.69, 9.17) is 9.73 Å². The summed E-state index contributed by atoms with van der Waals surface area (Å²) in [6.07, 6.45) is 2.70. The first-order valence-corrected chi connectivity index (χ1v) is 10.1. The largest absolute Gasteiger partial charge is 0.379 e. The van der Waals surface area contributed by atoms with Gasteiger partial charge in [-0.2, -0.15) is 0 Å². The van der Waals surface area contributed by atoms with E-state index < -0.39 is 0 Å². The van der Waals surface area contributed by atoms with E-state index in [9.17, 15) is 0 Å². The summed E-state index contributed by atoms with van der Waals surface area (Å²) in [4.78, 5) is 9.92. The van der Waals surface area contributed by atoms with Gasteiger partial charge in [-0.15, -0.1) is 0 Å². The first-order valence-electron chi connectivity index (χ1n) is 10.1. The Morgan fingerprint density at radius 1 is 1.20 bits per heavy atom. The number of hydrogen-bond acceptors (Lipinski definition) is 4. The van der Waals surface area contributed by atoms with Gasteiger partial charge in [-0.3, -0.25) is 14.8 Å². The van der Waals surface area contributed by atoms with Crippen molar-refractivity contribution in [1.82, 2.24) is 20.4 Å². The highest BCUT2D eigenvalue weighted by atomic mass is 16.5. The Hall–Kier alpha value is -0.850. The van der Waals surface area contributed by atoms with Crippen molar-refractivity contribution in [3.8, 4) is 0 Å². The zero-order valence-electron chi connectivity index (χ0n) is 16.9. The van der Waals surface area contributed by atoms with E-state index in [2.05, 4.69) is 55.2 Å². The summed E-state index contributed by atoms with van der Waals surface area (Å²) in [6.45, 7) is 15.4. The number of rotatable bonds is 9. The molecule has 0 bridgehead atoms. The standard InChI is InChI=1S/C19H39N5O/c1-6-20-19(21-13-16(4)23(5)17-7-8-17)22-14-18(15(2)3)24-9-11-25-12-10-24/h15-18H,6-14H2,1-5H3,(H2,20,21,22). The van der Waals surface area contributed by atoms with Crippen LogP contribution in [0, 0.1) is 5.92 Å². The number of morpholine rings is 1. The average molecular weight is 354 g/mol. The van der Waals surface area contributed by atoms with Gasteiger partial charge in [0.25, 0.3) is 0 Å². The lowest BCUT2D eigenvalue weighted by Crippen LogP contribution is -2.49. The second kappa shape index (κ2) is 10.3. The highest BCUT2D eigenvalue weighted by molar-refractivity contribution is 5.79. The minimum Gasteiger partial charge on any atom is -0.379 e. The smallest absolute Gasteiger partial charge is 0.191 e. The topological polar surface area (TPSA) is 52.1 Å². The predicted octanol–water partition coefficient (Wildman–Crippen LogP) is 1.38. The molecule has 0 radical (unpaired) electrons. The molecule has 2 unspecified atom stereocenters. The van der Waals surface area contributed by atoms with E-state index in [0.717, 1.165) is 57.9 Å². The van der Waals surface area contributed by atoms with Crippen molar-refractivity contribution in [2.75, 3.05) is 53.0 Å². The summed E-state index contributed by atoms with van der Waals surface area (Å²) < 4.78 is 5.50. The van der Waals surface area contributed by atoms with Crippen LogP contribution in [0.5, 0.6) is 0 Å². The van der Waals surface area contributed by atoms with Gasteiger partial charge in [0, 0.05) is 44.3 Å². The molecule has 6 heteroatoms. The quantitative estimate of drug-likeness (QED) is 0.484. The van der Waals surface area contributed by atoms with Crippen molar-refractivity contribution < 1.29 is 4.74 Å². The van der Waals surface area contributed by atoms with Gasteiger partial charge in [0.05, 0.1) is 19.8 Å². The second-order valence-corrected chi connectivity index (χ2v) is 7.81. The van der Waals surface area contributed by atoms with Crippen molar-refractivity contribution in [2.45, 2.75) is 58.7 Å². The molecule has 0 spiro atoms. The van der Waals surface area contributed by atoms with E-state index >= 15 is 0 Å². The molecule has 1 aliphatic carbocycles. The lowest BCUT2D eigenvalue weighted by atomic mass is 10.0. The lowest BCUT2D eigenvalue weighted by molar-refractivity contribution is 0.00867. The normalized spacial score (nSPS) is 22.3. The molecule has 146 valence electrons. The molecular formula is C19H39N5O. The van der Waals surface area contributed by atoms with Crippen LogP contribution >= 0.6 is 0 Å².